The molecule has 1 aliphatic heterocycles. The van der Waals surface area contributed by atoms with Gasteiger partial charge in [0, 0.05) is 16.9 Å². The van der Waals surface area contributed by atoms with Gasteiger partial charge in [0.15, 0.2) is 0 Å². The van der Waals surface area contributed by atoms with Gasteiger partial charge in [-0.3, -0.25) is 0 Å². The van der Waals surface area contributed by atoms with E-state index in [-0.39, 0.29) is 0 Å². The van der Waals surface area contributed by atoms with Gasteiger partial charge in [0.05, 0.1) is 6.61 Å². The number of hydrogen-bond acceptors (Lipinski definition) is 2. The Labute approximate surface area is 101 Å². The highest BCUT2D eigenvalue weighted by atomic mass is 35.5. The van der Waals surface area contributed by atoms with Crippen LogP contribution in [0.5, 0.6) is 0 Å². The molecule has 2 unspecified atom stereocenters. The van der Waals surface area contributed by atoms with Crippen molar-refractivity contribution in [1.82, 2.24) is 0 Å². The molecule has 1 nitrogen and oxygen atoms in total. The van der Waals surface area contributed by atoms with Crippen molar-refractivity contribution in [3.05, 3.63) is 34.9 Å². The SMILES string of the molecule is SC1CCOCC1Cc1ccccc1Cl. The minimum absolute atomic E-state index is 0.440. The van der Waals surface area contributed by atoms with Gasteiger partial charge in [0.25, 0.3) is 0 Å². The van der Waals surface area contributed by atoms with Crippen LogP contribution in [0, 0.1) is 5.92 Å². The lowest BCUT2D eigenvalue weighted by atomic mass is 9.93. The molecule has 2 atom stereocenters. The van der Waals surface area contributed by atoms with E-state index in [1.165, 1.54) is 5.56 Å². The Bertz CT molecular complexity index is 329. The highest BCUT2D eigenvalue weighted by molar-refractivity contribution is 7.81. The molecule has 2 rings (SSSR count). The van der Waals surface area contributed by atoms with Gasteiger partial charge < -0.3 is 4.74 Å². The number of benzene rings is 1. The Morgan fingerprint density at radius 3 is 2.93 bits per heavy atom. The van der Waals surface area contributed by atoms with Crippen molar-refractivity contribution in [3.63, 3.8) is 0 Å². The molecule has 3 heteroatoms. The topological polar surface area (TPSA) is 9.23 Å². The first-order valence-corrected chi connectivity index (χ1v) is 6.16. The summed E-state index contributed by atoms with van der Waals surface area (Å²) in [5, 5.41) is 1.29. The summed E-state index contributed by atoms with van der Waals surface area (Å²) in [4.78, 5) is 0. The minimum atomic E-state index is 0.440. The Morgan fingerprint density at radius 2 is 2.20 bits per heavy atom. The van der Waals surface area contributed by atoms with Crippen molar-refractivity contribution < 1.29 is 4.74 Å². The average Bonchev–Trinajstić information content (AvgIpc) is 2.24. The number of thiol groups is 1. The van der Waals surface area contributed by atoms with Crippen LogP contribution < -0.4 is 0 Å². The van der Waals surface area contributed by atoms with E-state index in [0.29, 0.717) is 11.2 Å². The smallest absolute Gasteiger partial charge is 0.0507 e. The lowest BCUT2D eigenvalue weighted by molar-refractivity contribution is 0.0596. The summed E-state index contributed by atoms with van der Waals surface area (Å²) in [6.45, 7) is 1.65. The summed E-state index contributed by atoms with van der Waals surface area (Å²) in [5.74, 6) is 0.488. The van der Waals surface area contributed by atoms with Gasteiger partial charge >= 0.3 is 0 Å². The Morgan fingerprint density at radius 1 is 1.40 bits per heavy atom. The molecule has 0 amide bonds. The second-order valence-corrected chi connectivity index (χ2v) is 5.06. The Hall–Kier alpha value is -0.180. The van der Waals surface area contributed by atoms with Crippen LogP contribution in [-0.4, -0.2) is 18.5 Å². The molecular formula is C12H15ClOS. The highest BCUT2D eigenvalue weighted by Gasteiger charge is 2.23. The Kier molecular flexibility index (Phi) is 3.95. The fraction of sp³-hybridized carbons (Fsp3) is 0.500. The van der Waals surface area contributed by atoms with Crippen LogP contribution in [0.1, 0.15) is 12.0 Å². The third-order valence-corrected chi connectivity index (χ3v) is 3.92. The zero-order chi connectivity index (χ0) is 10.7. The third kappa shape index (κ3) is 2.90. The fourth-order valence-electron chi connectivity index (χ4n) is 1.93. The molecule has 1 heterocycles. The van der Waals surface area contributed by atoms with Crippen LogP contribution in [0.3, 0.4) is 0 Å². The number of rotatable bonds is 2. The van der Waals surface area contributed by atoms with E-state index >= 15 is 0 Å². The molecule has 1 saturated heterocycles. The summed E-state index contributed by atoms with van der Waals surface area (Å²) < 4.78 is 5.47. The molecule has 1 aliphatic rings. The predicted octanol–water partition coefficient (Wildman–Crippen LogP) is 3.22. The van der Waals surface area contributed by atoms with Crippen molar-refractivity contribution in [2.24, 2.45) is 5.92 Å². The van der Waals surface area contributed by atoms with Gasteiger partial charge in [-0.2, -0.15) is 12.6 Å². The number of hydrogen-bond donors (Lipinski definition) is 1. The molecule has 15 heavy (non-hydrogen) atoms. The van der Waals surface area contributed by atoms with Crippen molar-refractivity contribution in [2.75, 3.05) is 13.2 Å². The fourth-order valence-corrected chi connectivity index (χ4v) is 2.44. The molecule has 1 aromatic rings. The zero-order valence-electron chi connectivity index (χ0n) is 8.53. The summed E-state index contributed by atoms with van der Waals surface area (Å²) in [7, 11) is 0. The molecular weight excluding hydrogens is 228 g/mol. The maximum Gasteiger partial charge on any atom is 0.0507 e. The van der Waals surface area contributed by atoms with Gasteiger partial charge in [-0.15, -0.1) is 0 Å². The van der Waals surface area contributed by atoms with Gasteiger partial charge in [-0.25, -0.2) is 0 Å². The molecule has 0 saturated carbocycles. The van der Waals surface area contributed by atoms with Crippen LogP contribution in [0.15, 0.2) is 24.3 Å². The van der Waals surface area contributed by atoms with E-state index in [0.717, 1.165) is 31.1 Å². The summed E-state index contributed by atoms with van der Waals surface area (Å²) in [5.41, 5.74) is 1.20. The average molecular weight is 243 g/mol. The van der Waals surface area contributed by atoms with E-state index in [2.05, 4.69) is 18.7 Å². The highest BCUT2D eigenvalue weighted by Crippen LogP contribution is 2.26. The first-order chi connectivity index (χ1) is 7.27. The summed E-state index contributed by atoms with van der Waals surface area (Å²) in [6.07, 6.45) is 2.01. The molecule has 0 spiro atoms. The number of ether oxygens (including phenoxy) is 1. The molecule has 1 fully saturated rings. The van der Waals surface area contributed by atoms with E-state index in [9.17, 15) is 0 Å². The normalized spacial score (nSPS) is 26.5. The van der Waals surface area contributed by atoms with Crippen LogP contribution in [-0.2, 0) is 11.2 Å². The molecule has 82 valence electrons. The lowest BCUT2D eigenvalue weighted by Crippen LogP contribution is -2.29. The zero-order valence-corrected chi connectivity index (χ0v) is 10.2. The van der Waals surface area contributed by atoms with Gasteiger partial charge in [0.2, 0.25) is 0 Å². The maximum absolute atomic E-state index is 6.13. The van der Waals surface area contributed by atoms with Crippen LogP contribution in [0.4, 0.5) is 0 Å². The predicted molar refractivity (Wildman–Crippen MR) is 66.9 cm³/mol. The largest absolute Gasteiger partial charge is 0.381 e. The van der Waals surface area contributed by atoms with Crippen molar-refractivity contribution in [3.8, 4) is 0 Å². The van der Waals surface area contributed by atoms with E-state index in [1.54, 1.807) is 0 Å². The molecule has 0 bridgehead atoms. The molecule has 1 aromatic carbocycles. The minimum Gasteiger partial charge on any atom is -0.381 e. The maximum atomic E-state index is 6.13. The second kappa shape index (κ2) is 5.24. The first kappa shape index (κ1) is 11.3. The van der Waals surface area contributed by atoms with E-state index in [4.69, 9.17) is 16.3 Å². The molecule has 0 N–H and O–H groups in total. The third-order valence-electron chi connectivity index (χ3n) is 2.87. The van der Waals surface area contributed by atoms with Crippen molar-refractivity contribution in [1.29, 1.82) is 0 Å². The summed E-state index contributed by atoms with van der Waals surface area (Å²) in [6, 6.07) is 8.01. The standard InChI is InChI=1S/C12H15ClOS/c13-11-4-2-1-3-9(11)7-10-8-14-6-5-12(10)15/h1-4,10,12,15H,5-8H2. The molecule has 0 radical (unpaired) electrons. The van der Waals surface area contributed by atoms with Crippen LogP contribution in [0.2, 0.25) is 5.02 Å². The van der Waals surface area contributed by atoms with E-state index < -0.39 is 0 Å². The quantitative estimate of drug-likeness (QED) is 0.784. The monoisotopic (exact) mass is 242 g/mol. The van der Waals surface area contributed by atoms with Gasteiger partial charge in [0.1, 0.15) is 0 Å². The van der Waals surface area contributed by atoms with Gasteiger partial charge in [-0.05, 0) is 30.4 Å². The Balaban J connectivity index is 2.04. The molecule has 0 aromatic heterocycles. The van der Waals surface area contributed by atoms with Crippen molar-refractivity contribution in [2.45, 2.75) is 18.1 Å². The van der Waals surface area contributed by atoms with Gasteiger partial charge in [-0.1, -0.05) is 29.8 Å². The van der Waals surface area contributed by atoms with Crippen LogP contribution in [0.25, 0.3) is 0 Å². The van der Waals surface area contributed by atoms with Crippen molar-refractivity contribution >= 4 is 24.2 Å². The second-order valence-electron chi connectivity index (χ2n) is 3.99. The number of halogens is 1. The molecule has 0 aliphatic carbocycles. The van der Waals surface area contributed by atoms with E-state index in [1.807, 2.05) is 18.2 Å². The van der Waals surface area contributed by atoms with Crippen LogP contribution >= 0.6 is 24.2 Å². The lowest BCUT2D eigenvalue weighted by Gasteiger charge is -2.28. The summed E-state index contributed by atoms with van der Waals surface area (Å²) >= 11 is 10.7. The first-order valence-electron chi connectivity index (χ1n) is 5.26.